The fourth-order valence-electron chi connectivity index (χ4n) is 3.35. The fourth-order valence-corrected chi connectivity index (χ4v) is 4.89. The van der Waals surface area contributed by atoms with E-state index in [0.717, 1.165) is 18.9 Å². The van der Waals surface area contributed by atoms with E-state index in [0.29, 0.717) is 24.6 Å². The Morgan fingerprint density at radius 2 is 2.05 bits per heavy atom. The Balaban J connectivity index is 1.88. The second-order valence-corrected chi connectivity index (χ2v) is 7.84. The highest BCUT2D eigenvalue weighted by Crippen LogP contribution is 2.39. The summed E-state index contributed by atoms with van der Waals surface area (Å²) in [6, 6.07) is 4.18. The van der Waals surface area contributed by atoms with Crippen molar-refractivity contribution >= 4 is 10.0 Å². The number of aryl methyl sites for hydroxylation is 1. The van der Waals surface area contributed by atoms with Crippen LogP contribution in [0.3, 0.4) is 0 Å². The van der Waals surface area contributed by atoms with Gasteiger partial charge in [0.1, 0.15) is 5.82 Å². The first-order valence-electron chi connectivity index (χ1n) is 6.91. The summed E-state index contributed by atoms with van der Waals surface area (Å²) in [4.78, 5) is 0.0362. The maximum absolute atomic E-state index is 13.6. The first-order valence-corrected chi connectivity index (χ1v) is 8.35. The minimum Gasteiger partial charge on any atom is -0.327 e. The molecule has 3 rings (SSSR count). The van der Waals surface area contributed by atoms with Crippen molar-refractivity contribution in [2.45, 2.75) is 30.7 Å². The smallest absolute Gasteiger partial charge is 0.243 e. The van der Waals surface area contributed by atoms with E-state index in [9.17, 15) is 12.8 Å². The molecule has 6 heteroatoms. The molecule has 1 aromatic rings. The van der Waals surface area contributed by atoms with Crippen molar-refractivity contribution in [2.75, 3.05) is 13.1 Å². The van der Waals surface area contributed by atoms with Gasteiger partial charge in [-0.25, -0.2) is 12.8 Å². The molecule has 1 saturated carbocycles. The number of sulfonamides is 1. The normalized spacial score (nSPS) is 30.6. The number of fused-ring (bicyclic) bond motifs is 1. The summed E-state index contributed by atoms with van der Waals surface area (Å²) in [7, 11) is -3.61. The van der Waals surface area contributed by atoms with Gasteiger partial charge in [-0.15, -0.1) is 0 Å². The summed E-state index contributed by atoms with van der Waals surface area (Å²) in [5.74, 6) is 0.123. The summed E-state index contributed by atoms with van der Waals surface area (Å²) in [6.45, 7) is 2.59. The minimum absolute atomic E-state index is 0.0362. The summed E-state index contributed by atoms with van der Waals surface area (Å²) in [6.07, 6.45) is 1.96. The lowest BCUT2D eigenvalue weighted by atomic mass is 9.98. The first-order chi connectivity index (χ1) is 9.39. The fraction of sp³-hybridized carbons (Fsp3) is 0.571. The van der Waals surface area contributed by atoms with E-state index in [1.54, 1.807) is 6.92 Å². The zero-order chi connectivity index (χ0) is 14.5. The van der Waals surface area contributed by atoms with Crippen LogP contribution in [0.2, 0.25) is 0 Å². The van der Waals surface area contributed by atoms with Crippen LogP contribution in [0.25, 0.3) is 0 Å². The molecule has 1 aromatic carbocycles. The molecule has 2 aliphatic rings. The number of hydrogen-bond acceptors (Lipinski definition) is 3. The lowest BCUT2D eigenvalue weighted by Gasteiger charge is -2.18. The third-order valence-electron chi connectivity index (χ3n) is 4.66. The van der Waals surface area contributed by atoms with Crippen LogP contribution in [0, 0.1) is 24.6 Å². The van der Waals surface area contributed by atoms with Crippen LogP contribution in [0.15, 0.2) is 23.1 Å². The SMILES string of the molecule is Cc1ccc(S(=O)(=O)N2CC3CCC(N)C3C2)cc1F. The van der Waals surface area contributed by atoms with Gasteiger partial charge in [-0.05, 0) is 49.3 Å². The summed E-state index contributed by atoms with van der Waals surface area (Å²) in [5, 5.41) is 0. The molecule has 1 heterocycles. The summed E-state index contributed by atoms with van der Waals surface area (Å²) >= 11 is 0. The van der Waals surface area contributed by atoms with Crippen LogP contribution in [0.5, 0.6) is 0 Å². The van der Waals surface area contributed by atoms with Gasteiger partial charge in [0.05, 0.1) is 4.90 Å². The second-order valence-electron chi connectivity index (χ2n) is 5.90. The van der Waals surface area contributed by atoms with Crippen LogP contribution in [0.1, 0.15) is 18.4 Å². The van der Waals surface area contributed by atoms with E-state index in [1.807, 2.05) is 0 Å². The van der Waals surface area contributed by atoms with E-state index >= 15 is 0 Å². The highest BCUT2D eigenvalue weighted by atomic mass is 32.2. The monoisotopic (exact) mass is 298 g/mol. The van der Waals surface area contributed by atoms with Gasteiger partial charge in [-0.1, -0.05) is 6.07 Å². The van der Waals surface area contributed by atoms with Crippen LogP contribution >= 0.6 is 0 Å². The first kappa shape index (κ1) is 14.0. The van der Waals surface area contributed by atoms with Crippen LogP contribution in [-0.2, 0) is 10.0 Å². The number of rotatable bonds is 2. The molecule has 110 valence electrons. The van der Waals surface area contributed by atoms with Gasteiger partial charge in [0.2, 0.25) is 10.0 Å². The van der Waals surface area contributed by atoms with Crippen molar-refractivity contribution in [3.05, 3.63) is 29.6 Å². The van der Waals surface area contributed by atoms with E-state index in [2.05, 4.69) is 0 Å². The minimum atomic E-state index is -3.61. The van der Waals surface area contributed by atoms with E-state index in [1.165, 1.54) is 16.4 Å². The van der Waals surface area contributed by atoms with Gasteiger partial charge in [-0.2, -0.15) is 4.31 Å². The third kappa shape index (κ3) is 2.16. The van der Waals surface area contributed by atoms with Crippen molar-refractivity contribution in [3.63, 3.8) is 0 Å². The maximum atomic E-state index is 13.6. The Morgan fingerprint density at radius 1 is 1.30 bits per heavy atom. The van der Waals surface area contributed by atoms with Crippen molar-refractivity contribution in [1.29, 1.82) is 0 Å². The molecule has 2 fully saturated rings. The molecule has 1 aliphatic heterocycles. The predicted octanol–water partition coefficient (Wildman–Crippen LogP) is 1.49. The van der Waals surface area contributed by atoms with Crippen molar-refractivity contribution in [2.24, 2.45) is 17.6 Å². The lowest BCUT2D eigenvalue weighted by molar-refractivity contribution is 0.426. The second kappa shape index (κ2) is 4.79. The molecule has 3 atom stereocenters. The number of halogens is 1. The molecule has 0 spiro atoms. The van der Waals surface area contributed by atoms with Crippen molar-refractivity contribution in [1.82, 2.24) is 4.31 Å². The van der Waals surface area contributed by atoms with E-state index in [4.69, 9.17) is 5.73 Å². The highest BCUT2D eigenvalue weighted by Gasteiger charge is 2.45. The molecular formula is C14H19FN2O2S. The lowest BCUT2D eigenvalue weighted by Crippen LogP contribution is -2.33. The van der Waals surface area contributed by atoms with Gasteiger partial charge in [0.25, 0.3) is 0 Å². The van der Waals surface area contributed by atoms with Gasteiger partial charge in [-0.3, -0.25) is 0 Å². The molecule has 0 bridgehead atoms. The topological polar surface area (TPSA) is 63.4 Å². The van der Waals surface area contributed by atoms with Crippen molar-refractivity contribution in [3.8, 4) is 0 Å². The molecule has 1 aliphatic carbocycles. The largest absolute Gasteiger partial charge is 0.327 e. The highest BCUT2D eigenvalue weighted by molar-refractivity contribution is 7.89. The molecule has 4 nitrogen and oxygen atoms in total. The average molecular weight is 298 g/mol. The molecule has 0 amide bonds. The number of nitrogens with two attached hydrogens (primary N) is 1. The van der Waals surface area contributed by atoms with E-state index in [-0.39, 0.29) is 16.9 Å². The Hall–Kier alpha value is -0.980. The van der Waals surface area contributed by atoms with Crippen LogP contribution in [-0.4, -0.2) is 31.9 Å². The third-order valence-corrected chi connectivity index (χ3v) is 6.49. The summed E-state index contributed by atoms with van der Waals surface area (Å²) < 4.78 is 40.2. The zero-order valence-electron chi connectivity index (χ0n) is 11.4. The average Bonchev–Trinajstić information content (AvgIpc) is 2.96. The van der Waals surface area contributed by atoms with Crippen LogP contribution < -0.4 is 5.73 Å². The maximum Gasteiger partial charge on any atom is 0.243 e. The number of hydrogen-bond donors (Lipinski definition) is 1. The Morgan fingerprint density at radius 3 is 2.70 bits per heavy atom. The van der Waals surface area contributed by atoms with Crippen LogP contribution in [0.4, 0.5) is 4.39 Å². The number of nitrogens with zero attached hydrogens (tertiary/aromatic N) is 1. The van der Waals surface area contributed by atoms with Gasteiger partial charge >= 0.3 is 0 Å². The van der Waals surface area contributed by atoms with E-state index < -0.39 is 15.8 Å². The molecule has 3 unspecified atom stereocenters. The Labute approximate surface area is 118 Å². The molecule has 0 aromatic heterocycles. The molecular weight excluding hydrogens is 279 g/mol. The molecule has 2 N–H and O–H groups in total. The molecule has 1 saturated heterocycles. The van der Waals surface area contributed by atoms with Gasteiger partial charge in [0.15, 0.2) is 0 Å². The molecule has 20 heavy (non-hydrogen) atoms. The van der Waals surface area contributed by atoms with Crippen molar-refractivity contribution < 1.29 is 12.8 Å². The number of benzene rings is 1. The van der Waals surface area contributed by atoms with Gasteiger partial charge < -0.3 is 5.73 Å². The quantitative estimate of drug-likeness (QED) is 0.900. The zero-order valence-corrected chi connectivity index (χ0v) is 12.2. The Kier molecular flexibility index (Phi) is 3.35. The summed E-state index contributed by atoms with van der Waals surface area (Å²) in [5.41, 5.74) is 6.47. The molecule has 0 radical (unpaired) electrons. The standard InChI is InChI=1S/C14H19FN2O2S/c1-9-2-4-11(6-13(9)15)20(18,19)17-7-10-3-5-14(16)12(10)8-17/h2,4,6,10,12,14H,3,5,7-8,16H2,1H3. The Bertz CT molecular complexity index is 632. The predicted molar refractivity (Wildman–Crippen MR) is 74.1 cm³/mol. The van der Waals surface area contributed by atoms with Gasteiger partial charge in [0, 0.05) is 19.1 Å².